The van der Waals surface area contributed by atoms with Crippen LogP contribution in [0.3, 0.4) is 0 Å². The Hall–Kier alpha value is -2.08. The molecule has 3 rings (SSSR count). The summed E-state index contributed by atoms with van der Waals surface area (Å²) >= 11 is 1.61. The second kappa shape index (κ2) is 4.89. The van der Waals surface area contributed by atoms with E-state index >= 15 is 0 Å². The highest BCUT2D eigenvalue weighted by Crippen LogP contribution is 2.31. The average molecular weight is 274 g/mol. The van der Waals surface area contributed by atoms with Crippen molar-refractivity contribution in [2.45, 2.75) is 13.5 Å². The number of aromatic nitrogens is 3. The summed E-state index contributed by atoms with van der Waals surface area (Å²) in [4.78, 5) is 5.61. The molecule has 0 fully saturated rings. The van der Waals surface area contributed by atoms with Crippen LogP contribution >= 0.6 is 11.3 Å². The molecule has 0 unspecified atom stereocenters. The molecule has 0 spiro atoms. The molecule has 0 aliphatic heterocycles. The third-order valence-electron chi connectivity index (χ3n) is 2.74. The quantitative estimate of drug-likeness (QED) is 0.794. The fourth-order valence-corrected chi connectivity index (χ4v) is 2.75. The van der Waals surface area contributed by atoms with E-state index in [1.165, 1.54) is 0 Å². The molecule has 1 N–H and O–H groups in total. The van der Waals surface area contributed by atoms with Gasteiger partial charge in [-0.2, -0.15) is 5.10 Å². The SMILES string of the molecule is Cc1nc(NCc2ccco2)sc1-c1ccn(C)n1. The summed E-state index contributed by atoms with van der Waals surface area (Å²) in [7, 11) is 1.91. The molecule has 0 aliphatic rings. The van der Waals surface area contributed by atoms with Crippen molar-refractivity contribution >= 4 is 16.5 Å². The Bertz CT molecular complexity index is 669. The fraction of sp³-hybridized carbons (Fsp3) is 0.231. The molecule has 0 aromatic carbocycles. The van der Waals surface area contributed by atoms with E-state index in [0.29, 0.717) is 6.54 Å². The molecule has 3 heterocycles. The Morgan fingerprint density at radius 2 is 2.32 bits per heavy atom. The molecule has 0 radical (unpaired) electrons. The van der Waals surface area contributed by atoms with E-state index in [1.54, 1.807) is 22.3 Å². The van der Waals surface area contributed by atoms with Gasteiger partial charge in [0.05, 0.1) is 23.4 Å². The Labute approximate surface area is 114 Å². The Balaban J connectivity index is 1.77. The summed E-state index contributed by atoms with van der Waals surface area (Å²) in [6.45, 7) is 2.64. The largest absolute Gasteiger partial charge is 0.467 e. The number of rotatable bonds is 4. The van der Waals surface area contributed by atoms with Crippen LogP contribution in [0.15, 0.2) is 35.1 Å². The van der Waals surface area contributed by atoms with Crippen molar-refractivity contribution in [2.24, 2.45) is 7.05 Å². The van der Waals surface area contributed by atoms with E-state index in [-0.39, 0.29) is 0 Å². The van der Waals surface area contributed by atoms with E-state index < -0.39 is 0 Å². The second-order valence-corrected chi connectivity index (χ2v) is 5.24. The Morgan fingerprint density at radius 3 is 3.00 bits per heavy atom. The van der Waals surface area contributed by atoms with E-state index in [2.05, 4.69) is 15.4 Å². The second-order valence-electron chi connectivity index (χ2n) is 4.24. The highest BCUT2D eigenvalue weighted by molar-refractivity contribution is 7.19. The zero-order chi connectivity index (χ0) is 13.2. The standard InChI is InChI=1S/C13H14N4OS/c1-9-12(11-5-6-17(2)16-11)19-13(15-9)14-8-10-4-3-7-18-10/h3-7H,8H2,1-2H3,(H,14,15). The highest BCUT2D eigenvalue weighted by atomic mass is 32.1. The number of hydrogen-bond donors (Lipinski definition) is 1. The molecular weight excluding hydrogens is 260 g/mol. The maximum Gasteiger partial charge on any atom is 0.183 e. The molecule has 0 aliphatic carbocycles. The Morgan fingerprint density at radius 1 is 1.42 bits per heavy atom. The molecule has 3 aromatic heterocycles. The number of anilines is 1. The maximum absolute atomic E-state index is 5.28. The molecule has 0 bridgehead atoms. The van der Waals surface area contributed by atoms with Crippen molar-refractivity contribution in [1.29, 1.82) is 0 Å². The molecule has 0 amide bonds. The van der Waals surface area contributed by atoms with Gasteiger partial charge in [-0.25, -0.2) is 4.98 Å². The summed E-state index contributed by atoms with van der Waals surface area (Å²) < 4.78 is 7.07. The Kier molecular flexibility index (Phi) is 3.08. The lowest BCUT2D eigenvalue weighted by molar-refractivity contribution is 0.518. The van der Waals surface area contributed by atoms with Crippen LogP contribution in [0.4, 0.5) is 5.13 Å². The molecule has 98 valence electrons. The van der Waals surface area contributed by atoms with Crippen LogP contribution in [0.5, 0.6) is 0 Å². The number of hydrogen-bond acceptors (Lipinski definition) is 5. The molecule has 3 aromatic rings. The highest BCUT2D eigenvalue weighted by Gasteiger charge is 2.11. The first-order valence-electron chi connectivity index (χ1n) is 5.96. The van der Waals surface area contributed by atoms with Gasteiger partial charge in [-0.15, -0.1) is 0 Å². The van der Waals surface area contributed by atoms with Crippen LogP contribution in [-0.4, -0.2) is 14.8 Å². The zero-order valence-corrected chi connectivity index (χ0v) is 11.6. The van der Waals surface area contributed by atoms with Crippen LogP contribution in [0.1, 0.15) is 11.5 Å². The summed E-state index contributed by atoms with van der Waals surface area (Å²) in [6.07, 6.45) is 3.61. The van der Waals surface area contributed by atoms with Gasteiger partial charge < -0.3 is 9.73 Å². The van der Waals surface area contributed by atoms with Crippen LogP contribution < -0.4 is 5.32 Å². The molecule has 5 nitrogen and oxygen atoms in total. The first-order chi connectivity index (χ1) is 9.22. The number of nitrogens with one attached hydrogen (secondary N) is 1. The number of furan rings is 1. The molecule has 6 heteroatoms. The van der Waals surface area contributed by atoms with Crippen LogP contribution in [-0.2, 0) is 13.6 Å². The lowest BCUT2D eigenvalue weighted by atomic mass is 10.3. The van der Waals surface area contributed by atoms with Gasteiger partial charge in [0.2, 0.25) is 0 Å². The van der Waals surface area contributed by atoms with Crippen molar-refractivity contribution in [3.63, 3.8) is 0 Å². The summed E-state index contributed by atoms with van der Waals surface area (Å²) in [5.41, 5.74) is 1.95. The third-order valence-corrected chi connectivity index (χ3v) is 3.87. The first kappa shape index (κ1) is 12.0. The molecule has 0 atom stereocenters. The van der Waals surface area contributed by atoms with E-state index in [1.807, 2.05) is 38.4 Å². The first-order valence-corrected chi connectivity index (χ1v) is 6.78. The van der Waals surface area contributed by atoms with Crippen molar-refractivity contribution in [2.75, 3.05) is 5.32 Å². The van der Waals surface area contributed by atoms with Crippen molar-refractivity contribution in [3.05, 3.63) is 42.1 Å². The van der Waals surface area contributed by atoms with E-state index in [0.717, 1.165) is 27.2 Å². The van der Waals surface area contributed by atoms with Crippen molar-refractivity contribution in [1.82, 2.24) is 14.8 Å². The van der Waals surface area contributed by atoms with Gasteiger partial charge in [0.25, 0.3) is 0 Å². The van der Waals surface area contributed by atoms with Crippen LogP contribution in [0, 0.1) is 6.92 Å². The van der Waals surface area contributed by atoms with Gasteiger partial charge in [0, 0.05) is 13.2 Å². The molecular formula is C13H14N4OS. The summed E-state index contributed by atoms with van der Waals surface area (Å²) in [6, 6.07) is 5.81. The smallest absolute Gasteiger partial charge is 0.183 e. The minimum Gasteiger partial charge on any atom is -0.467 e. The lowest BCUT2D eigenvalue weighted by Gasteiger charge is -1.97. The zero-order valence-electron chi connectivity index (χ0n) is 10.8. The number of thiazole rings is 1. The minimum atomic E-state index is 0.640. The van der Waals surface area contributed by atoms with Crippen LogP contribution in [0.25, 0.3) is 10.6 Å². The van der Waals surface area contributed by atoms with Gasteiger partial charge in [-0.05, 0) is 25.1 Å². The van der Waals surface area contributed by atoms with Crippen LogP contribution in [0.2, 0.25) is 0 Å². The fourth-order valence-electron chi connectivity index (χ4n) is 1.82. The molecule has 0 saturated heterocycles. The number of nitrogens with zero attached hydrogens (tertiary/aromatic N) is 3. The average Bonchev–Trinajstić information content (AvgIpc) is 3.07. The molecule has 19 heavy (non-hydrogen) atoms. The van der Waals surface area contributed by atoms with Gasteiger partial charge in [-0.3, -0.25) is 4.68 Å². The minimum absolute atomic E-state index is 0.640. The van der Waals surface area contributed by atoms with Gasteiger partial charge in [0.15, 0.2) is 5.13 Å². The third kappa shape index (κ3) is 2.53. The number of aryl methyl sites for hydroxylation is 2. The van der Waals surface area contributed by atoms with Crippen molar-refractivity contribution < 1.29 is 4.42 Å². The van der Waals surface area contributed by atoms with Gasteiger partial charge in [0.1, 0.15) is 11.5 Å². The van der Waals surface area contributed by atoms with Gasteiger partial charge >= 0.3 is 0 Å². The van der Waals surface area contributed by atoms with Gasteiger partial charge in [-0.1, -0.05) is 11.3 Å². The van der Waals surface area contributed by atoms with E-state index in [9.17, 15) is 0 Å². The normalized spacial score (nSPS) is 10.8. The predicted octanol–water partition coefficient (Wildman–Crippen LogP) is 3.06. The summed E-state index contributed by atoms with van der Waals surface area (Å²) in [5.74, 6) is 0.896. The maximum atomic E-state index is 5.28. The topological polar surface area (TPSA) is 55.9 Å². The molecule has 0 saturated carbocycles. The monoisotopic (exact) mass is 274 g/mol. The van der Waals surface area contributed by atoms with E-state index in [4.69, 9.17) is 4.42 Å². The summed E-state index contributed by atoms with van der Waals surface area (Å²) in [5, 5.41) is 8.55. The predicted molar refractivity (Wildman–Crippen MR) is 75.1 cm³/mol. The van der Waals surface area contributed by atoms with Crippen molar-refractivity contribution in [3.8, 4) is 10.6 Å². The lowest BCUT2D eigenvalue weighted by Crippen LogP contribution is -1.97.